The summed E-state index contributed by atoms with van der Waals surface area (Å²) in [5.74, 6) is -0.468. The van der Waals surface area contributed by atoms with E-state index in [1.807, 2.05) is 24.3 Å². The van der Waals surface area contributed by atoms with Crippen LogP contribution in [0.3, 0.4) is 0 Å². The first kappa shape index (κ1) is 15.7. The number of aromatic nitrogens is 3. The number of nitrogens with two attached hydrogens (primary N) is 1. The normalized spacial score (nSPS) is 10.7. The van der Waals surface area contributed by atoms with E-state index in [1.54, 1.807) is 6.92 Å². The second-order valence-electron chi connectivity index (χ2n) is 5.37. The van der Waals surface area contributed by atoms with Crippen molar-refractivity contribution in [2.75, 3.05) is 5.32 Å². The van der Waals surface area contributed by atoms with Crippen molar-refractivity contribution in [3.8, 4) is 0 Å². The molecule has 0 unspecified atom stereocenters. The van der Waals surface area contributed by atoms with Crippen LogP contribution in [0.5, 0.6) is 0 Å². The van der Waals surface area contributed by atoms with Gasteiger partial charge in [0.2, 0.25) is 5.91 Å². The number of primary amides is 1. The average molecular weight is 301 g/mol. The van der Waals surface area contributed by atoms with Gasteiger partial charge in [-0.3, -0.25) is 9.59 Å². The van der Waals surface area contributed by atoms with Crippen LogP contribution in [0.15, 0.2) is 24.3 Å². The molecule has 1 heterocycles. The minimum Gasteiger partial charge on any atom is -0.364 e. The molecule has 7 nitrogen and oxygen atoms in total. The molecule has 0 aliphatic rings. The predicted octanol–water partition coefficient (Wildman–Crippen LogP) is 1.45. The Morgan fingerprint density at radius 2 is 1.91 bits per heavy atom. The number of anilines is 1. The number of hydrogen-bond donors (Lipinski definition) is 2. The Balaban J connectivity index is 2.02. The SMILES string of the molecule is Cc1c(C(N)=O)nnn1CC(=O)Nc1ccc(C(C)C)cc1. The molecular formula is C15H19N5O2. The molecule has 2 amide bonds. The van der Waals surface area contributed by atoms with E-state index < -0.39 is 5.91 Å². The molecule has 22 heavy (non-hydrogen) atoms. The molecule has 0 saturated carbocycles. The predicted molar refractivity (Wildman–Crippen MR) is 82.4 cm³/mol. The van der Waals surface area contributed by atoms with Gasteiger partial charge in [0.25, 0.3) is 5.91 Å². The van der Waals surface area contributed by atoms with Crippen LogP contribution < -0.4 is 11.1 Å². The second kappa shape index (κ2) is 6.38. The summed E-state index contributed by atoms with van der Waals surface area (Å²) < 4.78 is 1.35. The summed E-state index contributed by atoms with van der Waals surface area (Å²) in [6, 6.07) is 7.67. The fourth-order valence-corrected chi connectivity index (χ4v) is 2.03. The van der Waals surface area contributed by atoms with Gasteiger partial charge in [-0.1, -0.05) is 31.2 Å². The number of amides is 2. The summed E-state index contributed by atoms with van der Waals surface area (Å²) in [6.45, 7) is 5.83. The summed E-state index contributed by atoms with van der Waals surface area (Å²) in [6.07, 6.45) is 0. The maximum absolute atomic E-state index is 12.0. The molecule has 0 atom stereocenters. The van der Waals surface area contributed by atoms with Gasteiger partial charge in [-0.05, 0) is 30.5 Å². The molecule has 0 saturated heterocycles. The van der Waals surface area contributed by atoms with Gasteiger partial charge < -0.3 is 11.1 Å². The van der Waals surface area contributed by atoms with E-state index in [9.17, 15) is 9.59 Å². The summed E-state index contributed by atoms with van der Waals surface area (Å²) in [5.41, 5.74) is 7.63. The standard InChI is InChI=1S/C15H19N5O2/c1-9(2)11-4-6-12(7-5-11)17-13(21)8-20-10(3)14(15(16)22)18-19-20/h4-7,9H,8H2,1-3H3,(H2,16,22)(H,17,21). The van der Waals surface area contributed by atoms with Crippen molar-refractivity contribution < 1.29 is 9.59 Å². The molecule has 3 N–H and O–H groups in total. The molecule has 0 radical (unpaired) electrons. The second-order valence-corrected chi connectivity index (χ2v) is 5.37. The van der Waals surface area contributed by atoms with Crippen LogP contribution in [0, 0.1) is 6.92 Å². The van der Waals surface area contributed by atoms with Crippen LogP contribution in [-0.4, -0.2) is 26.8 Å². The van der Waals surface area contributed by atoms with E-state index in [2.05, 4.69) is 29.5 Å². The zero-order valence-electron chi connectivity index (χ0n) is 12.8. The topological polar surface area (TPSA) is 103 Å². The molecule has 0 spiro atoms. The molecule has 7 heteroatoms. The summed E-state index contributed by atoms with van der Waals surface area (Å²) in [5, 5.41) is 10.2. The lowest BCUT2D eigenvalue weighted by Gasteiger charge is -2.09. The first-order chi connectivity index (χ1) is 10.4. The molecule has 116 valence electrons. The van der Waals surface area contributed by atoms with Crippen molar-refractivity contribution in [3.05, 3.63) is 41.2 Å². The van der Waals surface area contributed by atoms with Crippen molar-refractivity contribution in [1.82, 2.24) is 15.0 Å². The van der Waals surface area contributed by atoms with Gasteiger partial charge in [-0.25, -0.2) is 4.68 Å². The summed E-state index contributed by atoms with van der Waals surface area (Å²) in [7, 11) is 0. The zero-order chi connectivity index (χ0) is 16.3. The molecule has 0 aliphatic carbocycles. The van der Waals surface area contributed by atoms with Crippen molar-refractivity contribution in [1.29, 1.82) is 0 Å². The molecule has 2 aromatic rings. The van der Waals surface area contributed by atoms with E-state index in [1.165, 1.54) is 10.2 Å². The molecule has 0 bridgehead atoms. The maximum atomic E-state index is 12.0. The zero-order valence-corrected chi connectivity index (χ0v) is 12.8. The number of carbonyl (C=O) groups is 2. The van der Waals surface area contributed by atoms with Crippen LogP contribution in [-0.2, 0) is 11.3 Å². The van der Waals surface area contributed by atoms with Gasteiger partial charge in [-0.15, -0.1) is 5.10 Å². The van der Waals surface area contributed by atoms with Gasteiger partial charge >= 0.3 is 0 Å². The Morgan fingerprint density at radius 3 is 2.41 bits per heavy atom. The van der Waals surface area contributed by atoms with E-state index in [4.69, 9.17) is 5.73 Å². The van der Waals surface area contributed by atoms with Gasteiger partial charge in [-0.2, -0.15) is 0 Å². The van der Waals surface area contributed by atoms with Gasteiger partial charge in [0.05, 0.1) is 5.69 Å². The fourth-order valence-electron chi connectivity index (χ4n) is 2.03. The Kier molecular flexibility index (Phi) is 4.55. The van der Waals surface area contributed by atoms with Gasteiger partial charge in [0.15, 0.2) is 5.69 Å². The first-order valence-corrected chi connectivity index (χ1v) is 6.98. The van der Waals surface area contributed by atoms with Crippen LogP contribution in [0.2, 0.25) is 0 Å². The summed E-state index contributed by atoms with van der Waals surface area (Å²) >= 11 is 0. The largest absolute Gasteiger partial charge is 0.364 e. The number of nitrogens with one attached hydrogen (secondary N) is 1. The lowest BCUT2D eigenvalue weighted by atomic mass is 10.0. The first-order valence-electron chi connectivity index (χ1n) is 6.98. The maximum Gasteiger partial charge on any atom is 0.271 e. The van der Waals surface area contributed by atoms with Crippen molar-refractivity contribution >= 4 is 17.5 Å². The third kappa shape index (κ3) is 3.49. The monoisotopic (exact) mass is 301 g/mol. The molecule has 2 rings (SSSR count). The van der Waals surface area contributed by atoms with E-state index in [0.29, 0.717) is 17.3 Å². The van der Waals surface area contributed by atoms with Crippen molar-refractivity contribution in [3.63, 3.8) is 0 Å². The van der Waals surface area contributed by atoms with Crippen molar-refractivity contribution in [2.24, 2.45) is 5.73 Å². The molecular weight excluding hydrogens is 282 g/mol. The number of hydrogen-bond acceptors (Lipinski definition) is 4. The lowest BCUT2D eigenvalue weighted by molar-refractivity contribution is -0.117. The van der Waals surface area contributed by atoms with Crippen molar-refractivity contribution in [2.45, 2.75) is 33.2 Å². The highest BCUT2D eigenvalue weighted by Gasteiger charge is 2.15. The van der Waals surface area contributed by atoms with E-state index >= 15 is 0 Å². The Morgan fingerprint density at radius 1 is 1.27 bits per heavy atom. The highest BCUT2D eigenvalue weighted by Crippen LogP contribution is 2.17. The molecule has 1 aromatic carbocycles. The number of rotatable bonds is 5. The lowest BCUT2D eigenvalue weighted by Crippen LogP contribution is -2.21. The Labute approximate surface area is 128 Å². The van der Waals surface area contributed by atoms with Gasteiger partial charge in [0, 0.05) is 5.69 Å². The number of nitrogens with zero attached hydrogens (tertiary/aromatic N) is 3. The highest BCUT2D eigenvalue weighted by atomic mass is 16.2. The number of carbonyl (C=O) groups excluding carboxylic acids is 2. The summed E-state index contributed by atoms with van der Waals surface area (Å²) in [4.78, 5) is 23.1. The van der Waals surface area contributed by atoms with Crippen LogP contribution in [0.4, 0.5) is 5.69 Å². The average Bonchev–Trinajstić information content (AvgIpc) is 2.80. The third-order valence-electron chi connectivity index (χ3n) is 3.37. The minimum atomic E-state index is -0.659. The van der Waals surface area contributed by atoms with Crippen LogP contribution in [0.25, 0.3) is 0 Å². The number of benzene rings is 1. The minimum absolute atomic E-state index is 0.0297. The molecule has 1 aromatic heterocycles. The fraction of sp³-hybridized carbons (Fsp3) is 0.333. The quantitative estimate of drug-likeness (QED) is 0.872. The van der Waals surface area contributed by atoms with E-state index in [-0.39, 0.29) is 18.1 Å². The highest BCUT2D eigenvalue weighted by molar-refractivity contribution is 5.92. The van der Waals surface area contributed by atoms with E-state index in [0.717, 1.165) is 0 Å². The molecule has 0 fully saturated rings. The van der Waals surface area contributed by atoms with Crippen LogP contribution >= 0.6 is 0 Å². The van der Waals surface area contributed by atoms with Gasteiger partial charge in [0.1, 0.15) is 6.54 Å². The Hall–Kier alpha value is -2.70. The Bertz CT molecular complexity index is 688. The van der Waals surface area contributed by atoms with Crippen LogP contribution in [0.1, 0.15) is 41.5 Å². The smallest absolute Gasteiger partial charge is 0.271 e. The molecule has 0 aliphatic heterocycles. The third-order valence-corrected chi connectivity index (χ3v) is 3.37.